The van der Waals surface area contributed by atoms with Crippen LogP contribution in [0.4, 0.5) is 0 Å². The Morgan fingerprint density at radius 2 is 1.84 bits per heavy atom. The van der Waals surface area contributed by atoms with E-state index < -0.39 is 5.97 Å². The normalized spacial score (nSPS) is 9.89. The van der Waals surface area contributed by atoms with Crippen LogP contribution in [-0.2, 0) is 11.2 Å². The Morgan fingerprint density at radius 3 is 2.32 bits per heavy atom. The Labute approximate surface area is 112 Å². The van der Waals surface area contributed by atoms with E-state index in [2.05, 4.69) is 0 Å². The topological polar surface area (TPSA) is 63.6 Å². The molecule has 0 aliphatic carbocycles. The maximum atomic E-state index is 11.4. The van der Waals surface area contributed by atoms with Crippen molar-refractivity contribution in [3.05, 3.63) is 34.9 Å². The number of phenols is 1. The van der Waals surface area contributed by atoms with Gasteiger partial charge in [-0.1, -0.05) is 11.6 Å². The van der Waals surface area contributed by atoms with Gasteiger partial charge in [-0.2, -0.15) is 0 Å². The lowest BCUT2D eigenvalue weighted by atomic mass is 10.0. The van der Waals surface area contributed by atoms with Crippen LogP contribution in [-0.4, -0.2) is 16.9 Å². The number of rotatable bonds is 4. The molecule has 0 radical (unpaired) electrons. The highest BCUT2D eigenvalue weighted by atomic mass is 16.5. The summed E-state index contributed by atoms with van der Waals surface area (Å²) in [6.45, 7) is 6.53. The highest BCUT2D eigenvalue weighted by Gasteiger charge is 2.16. The van der Waals surface area contributed by atoms with E-state index in [-0.39, 0.29) is 22.8 Å². The molecule has 0 aliphatic rings. The lowest BCUT2D eigenvalue weighted by molar-refractivity contribution is -0.131. The minimum atomic E-state index is -0.464. The zero-order valence-corrected chi connectivity index (χ0v) is 11.6. The van der Waals surface area contributed by atoms with E-state index >= 15 is 0 Å². The van der Waals surface area contributed by atoms with E-state index in [0.717, 1.165) is 5.57 Å². The van der Waals surface area contributed by atoms with Crippen molar-refractivity contribution < 1.29 is 19.4 Å². The third kappa shape index (κ3) is 3.95. The first-order valence-electron chi connectivity index (χ1n) is 6.00. The molecule has 0 saturated heterocycles. The van der Waals surface area contributed by atoms with Gasteiger partial charge in [-0.15, -0.1) is 0 Å². The zero-order chi connectivity index (χ0) is 14.6. The predicted octanol–water partition coefficient (Wildman–Crippen LogP) is 3.03. The van der Waals surface area contributed by atoms with E-state index in [1.807, 2.05) is 19.9 Å². The molecule has 0 saturated carbocycles. The summed E-state index contributed by atoms with van der Waals surface area (Å²) >= 11 is 0. The van der Waals surface area contributed by atoms with Crippen molar-refractivity contribution in [2.24, 2.45) is 0 Å². The van der Waals surface area contributed by atoms with Crippen molar-refractivity contribution in [3.63, 3.8) is 0 Å². The number of esters is 1. The van der Waals surface area contributed by atoms with Gasteiger partial charge in [0.05, 0.1) is 5.56 Å². The van der Waals surface area contributed by atoms with Crippen LogP contribution in [0.15, 0.2) is 23.8 Å². The van der Waals surface area contributed by atoms with Crippen LogP contribution in [0, 0.1) is 0 Å². The average Bonchev–Trinajstić information content (AvgIpc) is 2.26. The van der Waals surface area contributed by atoms with Crippen molar-refractivity contribution >= 4 is 11.8 Å². The number of ketones is 1. The lowest BCUT2D eigenvalue weighted by Gasteiger charge is -2.12. The van der Waals surface area contributed by atoms with E-state index in [1.165, 1.54) is 26.0 Å². The summed E-state index contributed by atoms with van der Waals surface area (Å²) in [7, 11) is 0. The third-order valence-corrected chi connectivity index (χ3v) is 2.59. The molecule has 0 fully saturated rings. The van der Waals surface area contributed by atoms with Crippen LogP contribution in [0.5, 0.6) is 11.5 Å². The number of aromatic hydroxyl groups is 1. The van der Waals surface area contributed by atoms with Gasteiger partial charge in [-0.25, -0.2) is 0 Å². The van der Waals surface area contributed by atoms with Gasteiger partial charge in [0, 0.05) is 12.5 Å². The van der Waals surface area contributed by atoms with Crippen LogP contribution < -0.4 is 4.74 Å². The molecule has 102 valence electrons. The molecule has 0 aromatic heterocycles. The first-order chi connectivity index (χ1) is 8.82. The average molecular weight is 262 g/mol. The third-order valence-electron chi connectivity index (χ3n) is 2.59. The summed E-state index contributed by atoms with van der Waals surface area (Å²) in [5, 5.41) is 10.1. The van der Waals surface area contributed by atoms with E-state index in [0.29, 0.717) is 12.0 Å². The molecule has 1 aromatic rings. The van der Waals surface area contributed by atoms with Gasteiger partial charge in [-0.3, -0.25) is 9.59 Å². The quantitative estimate of drug-likeness (QED) is 0.392. The number of Topliss-reactive ketones (excluding diaryl/α,β-unsaturated/α-hetero) is 1. The number of allylic oxidation sites excluding steroid dienone is 2. The van der Waals surface area contributed by atoms with Gasteiger partial charge in [0.25, 0.3) is 0 Å². The molecule has 19 heavy (non-hydrogen) atoms. The summed E-state index contributed by atoms with van der Waals surface area (Å²) < 4.78 is 5.05. The molecule has 4 nitrogen and oxygen atoms in total. The molecule has 1 N–H and O–H groups in total. The van der Waals surface area contributed by atoms with Crippen molar-refractivity contribution in [2.45, 2.75) is 34.1 Å². The second kappa shape index (κ2) is 6.18. The SMILES string of the molecule is CC(=O)Oc1ccc(C(C)=O)c(O)c1CC=C(C)C. The van der Waals surface area contributed by atoms with Crippen molar-refractivity contribution in [2.75, 3.05) is 0 Å². The molecule has 0 spiro atoms. The largest absolute Gasteiger partial charge is 0.507 e. The predicted molar refractivity (Wildman–Crippen MR) is 72.6 cm³/mol. The smallest absolute Gasteiger partial charge is 0.308 e. The monoisotopic (exact) mass is 262 g/mol. The second-order valence-electron chi connectivity index (χ2n) is 4.57. The summed E-state index contributed by atoms with van der Waals surface area (Å²) in [5.74, 6) is -0.532. The molecular formula is C15H18O4. The number of hydrogen-bond donors (Lipinski definition) is 1. The molecule has 0 amide bonds. The molecule has 1 aromatic carbocycles. The van der Waals surface area contributed by atoms with Crippen molar-refractivity contribution in [1.82, 2.24) is 0 Å². The van der Waals surface area contributed by atoms with Crippen LogP contribution in [0.1, 0.15) is 43.6 Å². The maximum Gasteiger partial charge on any atom is 0.308 e. The summed E-state index contributed by atoms with van der Waals surface area (Å²) in [6.07, 6.45) is 2.30. The highest BCUT2D eigenvalue weighted by molar-refractivity contribution is 5.97. The molecule has 1 rings (SSSR count). The van der Waals surface area contributed by atoms with Crippen molar-refractivity contribution in [3.8, 4) is 11.5 Å². The zero-order valence-electron chi connectivity index (χ0n) is 11.6. The molecule has 4 heteroatoms. The standard InChI is InChI=1S/C15H18O4/c1-9(2)5-6-13-14(19-11(4)17)8-7-12(10(3)16)15(13)18/h5,7-8,18H,6H2,1-4H3. The highest BCUT2D eigenvalue weighted by Crippen LogP contribution is 2.32. The first-order valence-corrected chi connectivity index (χ1v) is 6.00. The number of hydrogen-bond acceptors (Lipinski definition) is 4. The molecule has 0 heterocycles. The Hall–Kier alpha value is -2.10. The van der Waals surface area contributed by atoms with Gasteiger partial charge in [0.1, 0.15) is 11.5 Å². The molecule has 0 unspecified atom stereocenters. The Kier molecular flexibility index (Phi) is 4.87. The number of benzene rings is 1. The minimum Gasteiger partial charge on any atom is -0.507 e. The number of ether oxygens (including phenoxy) is 1. The second-order valence-corrected chi connectivity index (χ2v) is 4.57. The maximum absolute atomic E-state index is 11.4. The van der Waals surface area contributed by atoms with Crippen LogP contribution in [0.3, 0.4) is 0 Å². The first kappa shape index (κ1) is 15.0. The fourth-order valence-electron chi connectivity index (χ4n) is 1.66. The fraction of sp³-hybridized carbons (Fsp3) is 0.333. The number of phenolic OH excluding ortho intramolecular Hbond substituents is 1. The molecule has 0 bridgehead atoms. The van der Waals surface area contributed by atoms with Crippen LogP contribution >= 0.6 is 0 Å². The Morgan fingerprint density at radius 1 is 1.21 bits per heavy atom. The fourth-order valence-corrected chi connectivity index (χ4v) is 1.66. The van der Waals surface area contributed by atoms with Gasteiger partial charge >= 0.3 is 5.97 Å². The lowest BCUT2D eigenvalue weighted by Crippen LogP contribution is -2.06. The van der Waals surface area contributed by atoms with Gasteiger partial charge in [0.15, 0.2) is 5.78 Å². The van der Waals surface area contributed by atoms with Crippen molar-refractivity contribution in [1.29, 1.82) is 0 Å². The summed E-state index contributed by atoms with van der Waals surface area (Å²) in [5.41, 5.74) is 1.75. The van der Waals surface area contributed by atoms with Crippen LogP contribution in [0.2, 0.25) is 0 Å². The summed E-state index contributed by atoms with van der Waals surface area (Å²) in [4.78, 5) is 22.5. The molecule has 0 aliphatic heterocycles. The van der Waals surface area contributed by atoms with E-state index in [4.69, 9.17) is 4.74 Å². The number of carbonyl (C=O) groups is 2. The van der Waals surface area contributed by atoms with Gasteiger partial charge < -0.3 is 9.84 Å². The Balaban J connectivity index is 3.32. The summed E-state index contributed by atoms with van der Waals surface area (Å²) in [6, 6.07) is 2.99. The van der Waals surface area contributed by atoms with E-state index in [1.54, 1.807) is 0 Å². The van der Waals surface area contributed by atoms with Gasteiger partial charge in [0.2, 0.25) is 0 Å². The minimum absolute atomic E-state index is 0.122. The molecule has 0 atom stereocenters. The number of carbonyl (C=O) groups excluding carboxylic acids is 2. The molecular weight excluding hydrogens is 244 g/mol. The van der Waals surface area contributed by atoms with Crippen LogP contribution in [0.25, 0.3) is 0 Å². The van der Waals surface area contributed by atoms with E-state index in [9.17, 15) is 14.7 Å². The Bertz CT molecular complexity index is 537. The van der Waals surface area contributed by atoms with Gasteiger partial charge in [-0.05, 0) is 39.3 Å².